The van der Waals surface area contributed by atoms with Crippen molar-refractivity contribution in [3.8, 4) is 11.8 Å². The first kappa shape index (κ1) is 23.5. The molecule has 1 aliphatic carbocycles. The van der Waals surface area contributed by atoms with E-state index in [0.717, 1.165) is 44.3 Å². The molecule has 0 saturated heterocycles. The number of aliphatic hydroxyl groups is 1. The minimum atomic E-state index is -1.85. The fourth-order valence-electron chi connectivity index (χ4n) is 4.34. The Morgan fingerprint density at radius 3 is 2.30 bits per heavy atom. The molecule has 27 heavy (non-hydrogen) atoms. The maximum Gasteiger partial charge on any atom is 0.340 e. The molecule has 1 atom stereocenters. The van der Waals surface area contributed by atoms with Crippen LogP contribution in [-0.2, 0) is 16.8 Å². The zero-order valence-corrected chi connectivity index (χ0v) is 17.4. The lowest BCUT2D eigenvalue weighted by atomic mass is 9.70. The van der Waals surface area contributed by atoms with Gasteiger partial charge in [0.05, 0.1) is 0 Å². The van der Waals surface area contributed by atoms with Crippen LogP contribution in [-0.4, -0.2) is 40.2 Å². The summed E-state index contributed by atoms with van der Waals surface area (Å²) in [4.78, 5) is 14.6. The number of rotatable bonds is 7. The van der Waals surface area contributed by atoms with E-state index in [4.69, 9.17) is 0 Å². The molecule has 5 heteroatoms. The van der Waals surface area contributed by atoms with Crippen LogP contribution in [0.4, 0.5) is 0 Å². The van der Waals surface area contributed by atoms with Gasteiger partial charge in [-0.3, -0.25) is 0 Å². The van der Waals surface area contributed by atoms with E-state index in [-0.39, 0.29) is 18.3 Å². The van der Waals surface area contributed by atoms with E-state index < -0.39 is 11.6 Å². The molecular formula is C22H32ClNO3. The van der Waals surface area contributed by atoms with Crippen LogP contribution in [0.15, 0.2) is 24.3 Å². The average Bonchev–Trinajstić information content (AvgIpc) is 2.67. The molecule has 1 unspecified atom stereocenters. The fraction of sp³-hybridized carbons (Fsp3) is 0.591. The molecule has 150 valence electrons. The zero-order valence-electron chi connectivity index (χ0n) is 16.6. The minimum Gasteiger partial charge on any atom is -0.479 e. The molecule has 0 radical (unpaired) electrons. The van der Waals surface area contributed by atoms with Crippen LogP contribution in [0.2, 0.25) is 0 Å². The van der Waals surface area contributed by atoms with E-state index in [9.17, 15) is 15.0 Å². The van der Waals surface area contributed by atoms with Gasteiger partial charge in [0.1, 0.15) is 0 Å². The lowest BCUT2D eigenvalue weighted by Crippen LogP contribution is -2.47. The third-order valence-electron chi connectivity index (χ3n) is 5.83. The second-order valence-electron chi connectivity index (χ2n) is 7.06. The fourth-order valence-corrected chi connectivity index (χ4v) is 4.34. The molecular weight excluding hydrogens is 362 g/mol. The van der Waals surface area contributed by atoms with Gasteiger partial charge >= 0.3 is 5.97 Å². The molecule has 2 rings (SSSR count). The molecule has 1 aromatic rings. The van der Waals surface area contributed by atoms with Crippen LogP contribution in [0, 0.1) is 17.8 Å². The Morgan fingerprint density at radius 1 is 1.19 bits per heavy atom. The summed E-state index contributed by atoms with van der Waals surface area (Å²) in [5, 5.41) is 21.3. The molecule has 1 aliphatic rings. The van der Waals surface area contributed by atoms with Crippen molar-refractivity contribution in [2.45, 2.75) is 64.5 Å². The number of carbonyl (C=O) groups is 1. The first-order chi connectivity index (χ1) is 12.5. The molecule has 2 N–H and O–H groups in total. The van der Waals surface area contributed by atoms with Crippen molar-refractivity contribution in [2.75, 3.05) is 13.1 Å². The van der Waals surface area contributed by atoms with Gasteiger partial charge in [-0.1, -0.05) is 44.0 Å². The van der Waals surface area contributed by atoms with Crippen molar-refractivity contribution >= 4 is 18.4 Å². The van der Waals surface area contributed by atoms with Crippen molar-refractivity contribution in [1.82, 2.24) is 4.90 Å². The second-order valence-corrected chi connectivity index (χ2v) is 7.06. The summed E-state index contributed by atoms with van der Waals surface area (Å²) in [6.07, 6.45) is 3.75. The van der Waals surface area contributed by atoms with Crippen molar-refractivity contribution in [1.29, 1.82) is 0 Å². The minimum absolute atomic E-state index is 0. The number of carboxylic acids is 1. The molecule has 4 nitrogen and oxygen atoms in total. The normalized spacial score (nSPS) is 21.5. The van der Waals surface area contributed by atoms with Crippen LogP contribution < -0.4 is 0 Å². The van der Waals surface area contributed by atoms with Gasteiger partial charge in [-0.15, -0.1) is 18.3 Å². The maximum atomic E-state index is 12.2. The van der Waals surface area contributed by atoms with Crippen LogP contribution in [0.3, 0.4) is 0 Å². The molecule has 0 aromatic heterocycles. The Labute approximate surface area is 169 Å². The lowest BCUT2D eigenvalue weighted by molar-refractivity contribution is -0.169. The van der Waals surface area contributed by atoms with Gasteiger partial charge in [0.2, 0.25) is 0 Å². The zero-order chi connectivity index (χ0) is 19.2. The smallest absolute Gasteiger partial charge is 0.340 e. The average molecular weight is 394 g/mol. The van der Waals surface area contributed by atoms with E-state index in [2.05, 4.69) is 30.6 Å². The van der Waals surface area contributed by atoms with Crippen LogP contribution in [0.1, 0.15) is 57.6 Å². The lowest BCUT2D eigenvalue weighted by Gasteiger charge is -2.41. The summed E-state index contributed by atoms with van der Waals surface area (Å²) in [5.41, 5.74) is -0.542. The summed E-state index contributed by atoms with van der Waals surface area (Å²) in [6.45, 7) is 8.10. The number of hydrogen-bond donors (Lipinski definition) is 2. The predicted octanol–water partition coefficient (Wildman–Crippen LogP) is 3.85. The topological polar surface area (TPSA) is 60.8 Å². The van der Waals surface area contributed by atoms with Crippen LogP contribution in [0.25, 0.3) is 0 Å². The van der Waals surface area contributed by atoms with Crippen molar-refractivity contribution in [3.05, 3.63) is 35.4 Å². The predicted molar refractivity (Wildman–Crippen MR) is 111 cm³/mol. The van der Waals surface area contributed by atoms with Crippen LogP contribution >= 0.6 is 12.4 Å². The van der Waals surface area contributed by atoms with Crippen molar-refractivity contribution in [2.24, 2.45) is 5.92 Å². The third kappa shape index (κ3) is 5.04. The Hall–Kier alpha value is -1.54. The van der Waals surface area contributed by atoms with E-state index in [1.807, 2.05) is 12.1 Å². The van der Waals surface area contributed by atoms with Gasteiger partial charge in [-0.25, -0.2) is 4.79 Å². The maximum absolute atomic E-state index is 12.2. The number of hydrogen-bond acceptors (Lipinski definition) is 3. The monoisotopic (exact) mass is 393 g/mol. The number of carboxylic acid groups (broad SMARTS) is 1. The van der Waals surface area contributed by atoms with Gasteiger partial charge in [0.25, 0.3) is 0 Å². The van der Waals surface area contributed by atoms with Crippen molar-refractivity contribution in [3.63, 3.8) is 0 Å². The first-order valence-electron chi connectivity index (χ1n) is 9.66. The van der Waals surface area contributed by atoms with Gasteiger partial charge in [-0.05, 0) is 56.8 Å². The Morgan fingerprint density at radius 2 is 1.78 bits per heavy atom. The van der Waals surface area contributed by atoms with Gasteiger partial charge in [0.15, 0.2) is 5.60 Å². The highest BCUT2D eigenvalue weighted by Gasteiger charge is 2.48. The molecule has 0 bridgehead atoms. The second kappa shape index (κ2) is 10.7. The van der Waals surface area contributed by atoms with Gasteiger partial charge in [0, 0.05) is 18.4 Å². The summed E-state index contributed by atoms with van der Waals surface area (Å²) >= 11 is 0. The van der Waals surface area contributed by atoms with Crippen LogP contribution in [0.5, 0.6) is 0 Å². The largest absolute Gasteiger partial charge is 0.479 e. The number of aliphatic carboxylic acids is 1. The number of halogens is 1. The van der Waals surface area contributed by atoms with E-state index in [0.29, 0.717) is 18.0 Å². The molecule has 0 spiro atoms. The number of benzene rings is 1. The highest BCUT2D eigenvalue weighted by Crippen LogP contribution is 2.42. The third-order valence-corrected chi connectivity index (χ3v) is 5.83. The summed E-state index contributed by atoms with van der Waals surface area (Å²) < 4.78 is 0. The summed E-state index contributed by atoms with van der Waals surface area (Å²) in [6, 6.07) is 7.77. The molecule has 1 fully saturated rings. The van der Waals surface area contributed by atoms with E-state index >= 15 is 0 Å². The SMILES string of the molecule is CC#CCc1ccccc1C(O)(C(=O)O)C1CCC(N(CC)CC)CC1.Cl. The molecule has 0 heterocycles. The first-order valence-corrected chi connectivity index (χ1v) is 9.66. The summed E-state index contributed by atoms with van der Waals surface area (Å²) in [7, 11) is 0. The molecule has 0 amide bonds. The quantitative estimate of drug-likeness (QED) is 0.691. The Kier molecular flexibility index (Phi) is 9.32. The highest BCUT2D eigenvalue weighted by atomic mass is 35.5. The molecule has 0 aliphatic heterocycles. The standard InChI is InChI=1S/C22H31NO3.ClH/c1-4-7-10-17-11-8-9-12-20(17)22(26,21(24)25)18-13-15-19(16-14-18)23(5-2)6-3;/h8-9,11-12,18-19,26H,5-6,10,13-16H2,1-3H3,(H,24,25);1H. The molecule has 1 saturated carbocycles. The van der Waals surface area contributed by atoms with Gasteiger partial charge in [-0.2, -0.15) is 0 Å². The molecule has 1 aromatic carbocycles. The Balaban J connectivity index is 0.00000364. The van der Waals surface area contributed by atoms with Crippen molar-refractivity contribution < 1.29 is 15.0 Å². The summed E-state index contributed by atoms with van der Waals surface area (Å²) in [5.74, 6) is 4.42. The highest BCUT2D eigenvalue weighted by molar-refractivity contribution is 5.85. The van der Waals surface area contributed by atoms with E-state index in [1.54, 1.807) is 19.1 Å². The Bertz CT molecular complexity index is 670. The number of nitrogens with zero attached hydrogens (tertiary/aromatic N) is 1. The van der Waals surface area contributed by atoms with E-state index in [1.165, 1.54) is 0 Å². The van der Waals surface area contributed by atoms with Gasteiger partial charge < -0.3 is 15.1 Å².